The van der Waals surface area contributed by atoms with Crippen molar-refractivity contribution in [1.29, 1.82) is 0 Å². The van der Waals surface area contributed by atoms with Crippen molar-refractivity contribution in [2.75, 3.05) is 26.4 Å². The number of hydrogen-bond acceptors (Lipinski definition) is 7. The minimum Gasteiger partial charge on any atom is -0.463 e. The maximum Gasteiger partial charge on any atom is 0.472 e. The molecule has 0 bridgehead atoms. The van der Waals surface area contributed by atoms with Gasteiger partial charge >= 0.3 is 13.8 Å². The van der Waals surface area contributed by atoms with Crippen LogP contribution in [0.15, 0.2) is 72.9 Å². The summed E-state index contributed by atoms with van der Waals surface area (Å²) in [5, 5.41) is 12.7. The zero-order chi connectivity index (χ0) is 39.6. The predicted octanol–water partition coefficient (Wildman–Crippen LogP) is 11.5. The third-order valence-electron chi connectivity index (χ3n) is 8.40. The lowest BCUT2D eigenvalue weighted by Gasteiger charge is -2.15. The van der Waals surface area contributed by atoms with Crippen molar-refractivity contribution in [3.63, 3.8) is 0 Å². The summed E-state index contributed by atoms with van der Waals surface area (Å²) < 4.78 is 26.8. The lowest BCUT2D eigenvalue weighted by atomic mass is 10.1. The number of hydrogen-bond donors (Lipinski definition) is 3. The molecule has 10 heteroatoms. The van der Waals surface area contributed by atoms with Gasteiger partial charge in [0.1, 0.15) is 12.7 Å². The second-order valence-electron chi connectivity index (χ2n) is 13.6. The molecule has 9 nitrogen and oxygen atoms in total. The minimum atomic E-state index is -4.42. The third kappa shape index (κ3) is 40.6. The number of aliphatic hydroxyl groups is 1. The average molecular weight is 778 g/mol. The molecule has 2 unspecified atom stereocenters. The Balaban J connectivity index is 3.69. The van der Waals surface area contributed by atoms with Crippen molar-refractivity contribution >= 4 is 19.7 Å². The molecule has 1 amide bonds. The lowest BCUT2D eigenvalue weighted by molar-refractivity contribution is -0.147. The standard InChI is InChI=1S/C44H76NO8P/c1-3-5-7-9-11-13-15-16-17-18-19-20-21-22-23-24-25-26-27-29-31-33-35-37-44(48)51-40-42(46)41-53-54(49,50)52-39-38-45-43(47)36-34-32-30-28-14-12-10-8-6-4-2/h5,7,11,13,16-17,19-20,22-23,25-26,42,46H,3-4,6,8-10,12,14-15,18,21,24,27-41H2,1-2H3,(H,45,47)(H,49,50)/b7-5-,13-11-,17-16-,20-19-,23-22-,26-25-. The van der Waals surface area contributed by atoms with Gasteiger partial charge in [-0.15, -0.1) is 0 Å². The molecule has 0 radical (unpaired) electrons. The fourth-order valence-corrected chi connectivity index (χ4v) is 6.02. The number of amides is 1. The van der Waals surface area contributed by atoms with Gasteiger partial charge in [-0.05, 0) is 64.2 Å². The van der Waals surface area contributed by atoms with Gasteiger partial charge in [0, 0.05) is 19.4 Å². The van der Waals surface area contributed by atoms with Gasteiger partial charge in [0.2, 0.25) is 5.91 Å². The van der Waals surface area contributed by atoms with Crippen molar-refractivity contribution < 1.29 is 37.9 Å². The lowest BCUT2D eigenvalue weighted by Crippen LogP contribution is -2.27. The van der Waals surface area contributed by atoms with Gasteiger partial charge in [0.25, 0.3) is 0 Å². The van der Waals surface area contributed by atoms with Gasteiger partial charge < -0.3 is 20.1 Å². The first-order valence-electron chi connectivity index (χ1n) is 20.9. The first-order chi connectivity index (χ1) is 26.3. The van der Waals surface area contributed by atoms with Crippen molar-refractivity contribution in [3.05, 3.63) is 72.9 Å². The Kier molecular flexibility index (Phi) is 38.2. The minimum absolute atomic E-state index is 0.0766. The summed E-state index contributed by atoms with van der Waals surface area (Å²) in [6.07, 6.45) is 48.3. The van der Waals surface area contributed by atoms with Gasteiger partial charge in [-0.2, -0.15) is 0 Å². The molecule has 54 heavy (non-hydrogen) atoms. The maximum atomic E-state index is 12.1. The Bertz CT molecular complexity index is 1110. The molecule has 0 aliphatic carbocycles. The van der Waals surface area contributed by atoms with Crippen LogP contribution in [-0.2, 0) is 27.9 Å². The van der Waals surface area contributed by atoms with Crippen LogP contribution in [0.4, 0.5) is 0 Å². The Labute approximate surface area is 329 Å². The van der Waals surface area contributed by atoms with Crippen LogP contribution in [0.1, 0.15) is 162 Å². The number of allylic oxidation sites excluding steroid dienone is 12. The molecule has 0 aromatic rings. The Morgan fingerprint density at radius 3 is 1.59 bits per heavy atom. The van der Waals surface area contributed by atoms with E-state index in [2.05, 4.69) is 92.1 Å². The quantitative estimate of drug-likeness (QED) is 0.0244. The fourth-order valence-electron chi connectivity index (χ4n) is 5.26. The molecular weight excluding hydrogens is 701 g/mol. The molecule has 0 rings (SSSR count). The highest BCUT2D eigenvalue weighted by molar-refractivity contribution is 7.47. The summed E-state index contributed by atoms with van der Waals surface area (Å²) in [5.41, 5.74) is 0. The maximum absolute atomic E-state index is 12.1. The highest BCUT2D eigenvalue weighted by Crippen LogP contribution is 2.42. The zero-order valence-corrected chi connectivity index (χ0v) is 34.8. The number of esters is 1. The molecule has 0 saturated heterocycles. The molecule has 0 fully saturated rings. The molecule has 0 saturated carbocycles. The number of unbranched alkanes of at least 4 members (excludes halogenated alkanes) is 13. The molecule has 0 aromatic carbocycles. The SMILES string of the molecule is CC/C=C\C/C=C\C/C=C\C/C=C\C/C=C\C/C=C\CCCCCCC(=O)OCC(O)COP(=O)(O)OCCNC(=O)CCCCCCCCCCCC. The van der Waals surface area contributed by atoms with E-state index in [9.17, 15) is 24.2 Å². The van der Waals surface area contributed by atoms with E-state index in [0.29, 0.717) is 12.8 Å². The van der Waals surface area contributed by atoms with E-state index in [0.717, 1.165) is 83.5 Å². The van der Waals surface area contributed by atoms with Crippen LogP contribution < -0.4 is 5.32 Å². The van der Waals surface area contributed by atoms with E-state index >= 15 is 0 Å². The number of aliphatic hydroxyl groups excluding tert-OH is 1. The fraction of sp³-hybridized carbons (Fsp3) is 0.682. The molecule has 3 N–H and O–H groups in total. The van der Waals surface area contributed by atoms with Crippen LogP contribution in [0.2, 0.25) is 0 Å². The molecule has 0 aliphatic rings. The topological polar surface area (TPSA) is 131 Å². The van der Waals surface area contributed by atoms with Gasteiger partial charge in [-0.25, -0.2) is 4.57 Å². The predicted molar refractivity (Wildman–Crippen MR) is 224 cm³/mol. The molecule has 0 aliphatic heterocycles. The van der Waals surface area contributed by atoms with Crippen molar-refractivity contribution in [3.8, 4) is 0 Å². The number of carbonyl (C=O) groups excluding carboxylic acids is 2. The number of phosphoric acid groups is 1. The second-order valence-corrected chi connectivity index (χ2v) is 15.0. The van der Waals surface area contributed by atoms with Gasteiger partial charge in [0.15, 0.2) is 0 Å². The van der Waals surface area contributed by atoms with Gasteiger partial charge in [-0.1, -0.05) is 157 Å². The third-order valence-corrected chi connectivity index (χ3v) is 9.39. The van der Waals surface area contributed by atoms with Crippen LogP contribution in [0, 0.1) is 0 Å². The molecule has 0 aromatic heterocycles. The Morgan fingerprint density at radius 1 is 0.593 bits per heavy atom. The Hall–Kier alpha value is -2.55. The zero-order valence-electron chi connectivity index (χ0n) is 33.9. The van der Waals surface area contributed by atoms with Crippen molar-refractivity contribution in [2.45, 2.75) is 168 Å². The van der Waals surface area contributed by atoms with E-state index in [1.807, 2.05) is 0 Å². The average Bonchev–Trinajstić information content (AvgIpc) is 3.16. The molecule has 310 valence electrons. The summed E-state index contributed by atoms with van der Waals surface area (Å²) in [5.74, 6) is -0.548. The Morgan fingerprint density at radius 2 is 1.06 bits per heavy atom. The van der Waals surface area contributed by atoms with E-state index in [4.69, 9.17) is 13.8 Å². The van der Waals surface area contributed by atoms with Crippen LogP contribution in [0.5, 0.6) is 0 Å². The van der Waals surface area contributed by atoms with Gasteiger partial charge in [0.05, 0.1) is 13.2 Å². The monoisotopic (exact) mass is 778 g/mol. The molecular formula is C44H76NO8P. The summed E-state index contributed by atoms with van der Waals surface area (Å²) in [4.78, 5) is 33.8. The normalized spacial score (nSPS) is 14.1. The molecule has 0 heterocycles. The number of rotatable bonds is 38. The smallest absolute Gasteiger partial charge is 0.463 e. The molecule has 0 spiro atoms. The van der Waals surface area contributed by atoms with Gasteiger partial charge in [-0.3, -0.25) is 18.6 Å². The summed E-state index contributed by atoms with van der Waals surface area (Å²) >= 11 is 0. The second kappa shape index (κ2) is 40.1. The van der Waals surface area contributed by atoms with E-state index in [1.165, 1.54) is 44.9 Å². The van der Waals surface area contributed by atoms with Crippen LogP contribution in [0.3, 0.4) is 0 Å². The summed E-state index contributed by atoms with van der Waals surface area (Å²) in [6.45, 7) is 3.38. The summed E-state index contributed by atoms with van der Waals surface area (Å²) in [7, 11) is -4.42. The highest BCUT2D eigenvalue weighted by atomic mass is 31.2. The number of ether oxygens (including phenoxy) is 1. The van der Waals surface area contributed by atoms with E-state index < -0.39 is 26.5 Å². The number of nitrogens with one attached hydrogen (secondary N) is 1. The largest absolute Gasteiger partial charge is 0.472 e. The first kappa shape index (κ1) is 51.5. The van der Waals surface area contributed by atoms with Crippen molar-refractivity contribution in [1.82, 2.24) is 5.32 Å². The van der Waals surface area contributed by atoms with E-state index in [-0.39, 0.29) is 32.1 Å². The first-order valence-corrected chi connectivity index (χ1v) is 22.4. The number of carbonyl (C=O) groups is 2. The van der Waals surface area contributed by atoms with Crippen LogP contribution in [0.25, 0.3) is 0 Å². The summed E-state index contributed by atoms with van der Waals surface area (Å²) in [6, 6.07) is 0. The highest BCUT2D eigenvalue weighted by Gasteiger charge is 2.23. The number of phosphoric ester groups is 1. The van der Waals surface area contributed by atoms with Crippen LogP contribution >= 0.6 is 7.82 Å². The van der Waals surface area contributed by atoms with E-state index in [1.54, 1.807) is 0 Å². The molecule has 2 atom stereocenters. The van der Waals surface area contributed by atoms with Crippen LogP contribution in [-0.4, -0.2) is 54.3 Å². The van der Waals surface area contributed by atoms with Crippen molar-refractivity contribution in [2.24, 2.45) is 0 Å².